The molecule has 0 aromatic heterocycles. The van der Waals surface area contributed by atoms with Crippen LogP contribution >= 0.6 is 19.1 Å². The third kappa shape index (κ3) is 6.88. The molecule has 0 aliphatic carbocycles. The highest BCUT2D eigenvalue weighted by atomic mass is 35.5. The molecule has 0 heterocycles. The molecular formula is C36H43BClN4P. The van der Waals surface area contributed by atoms with Crippen LogP contribution in [0.5, 0.6) is 0 Å². The van der Waals surface area contributed by atoms with Crippen LogP contribution in [0.15, 0.2) is 146 Å². The van der Waals surface area contributed by atoms with Crippen LogP contribution in [-0.4, -0.2) is 62.4 Å². The first-order chi connectivity index (χ1) is 20.7. The maximum Gasteiger partial charge on any atom is 0.314 e. The Morgan fingerprint density at radius 3 is 1.00 bits per heavy atom. The summed E-state index contributed by atoms with van der Waals surface area (Å²) in [6, 6.07) is 51.4. The zero-order valence-electron chi connectivity index (χ0n) is 26.1. The number of para-hydroxylation sites is 1. The van der Waals surface area contributed by atoms with Crippen LogP contribution in [0.1, 0.15) is 0 Å². The summed E-state index contributed by atoms with van der Waals surface area (Å²) in [5.74, 6) is 0. The van der Waals surface area contributed by atoms with Gasteiger partial charge in [0, 0.05) is 6.07 Å². The zero-order chi connectivity index (χ0) is 30.9. The molecule has 0 aliphatic heterocycles. The van der Waals surface area contributed by atoms with E-state index in [-0.39, 0.29) is 0 Å². The third-order valence-electron chi connectivity index (χ3n) is 8.02. The van der Waals surface area contributed by atoms with Crippen molar-refractivity contribution in [3.05, 3.63) is 151 Å². The molecule has 43 heavy (non-hydrogen) atoms. The second-order valence-corrected chi connectivity index (χ2v) is 15.4. The van der Waals surface area contributed by atoms with Gasteiger partial charge in [-0.05, 0) is 48.4 Å². The van der Waals surface area contributed by atoms with E-state index in [1.54, 1.807) is 0 Å². The van der Waals surface area contributed by atoms with Gasteiger partial charge in [0.05, 0.1) is 0 Å². The summed E-state index contributed by atoms with van der Waals surface area (Å²) in [5, 5.41) is 0.743. The van der Waals surface area contributed by atoms with Gasteiger partial charge in [0.2, 0.25) is 5.69 Å². The topological polar surface area (TPSA) is 23.7 Å². The lowest BCUT2D eigenvalue weighted by atomic mass is 9.13. The molecule has 0 spiro atoms. The monoisotopic (exact) mass is 608 g/mol. The number of halogens is 1. The molecule has 0 amide bonds. The molecule has 0 unspecified atom stereocenters. The quantitative estimate of drug-likeness (QED) is 0.203. The van der Waals surface area contributed by atoms with E-state index in [0.717, 1.165) is 10.7 Å². The van der Waals surface area contributed by atoms with Crippen molar-refractivity contribution in [2.45, 2.75) is 0 Å². The Kier molecular flexibility index (Phi) is 11.2. The standard InChI is InChI=1S/C24H20B.C12H22ClN4P/c1-5-13-21(14-6-1)25(22-15-7-2-8-16-22,23-17-9-3-10-18-23)24-19-11-4-12-20-24;1-15(2)18(16(3)4,17(5)6)14-12-10-8-7-9-11(12)13/h1-20H;7-10H,1-6H3/q-1;/p+1. The molecule has 222 valence electrons. The molecule has 0 atom stereocenters. The van der Waals surface area contributed by atoms with Crippen LogP contribution in [0.4, 0.5) is 5.69 Å². The van der Waals surface area contributed by atoms with Gasteiger partial charge >= 0.3 is 7.51 Å². The number of nitrogens with one attached hydrogen (secondary N) is 1. The average molecular weight is 609 g/mol. The van der Waals surface area contributed by atoms with E-state index in [9.17, 15) is 0 Å². The van der Waals surface area contributed by atoms with E-state index in [4.69, 9.17) is 11.6 Å². The largest absolute Gasteiger partial charge is 0.314 e. The molecule has 0 aliphatic rings. The van der Waals surface area contributed by atoms with Gasteiger partial charge in [0.25, 0.3) is 0 Å². The van der Waals surface area contributed by atoms with Crippen LogP contribution in [0.3, 0.4) is 0 Å². The molecule has 5 aromatic carbocycles. The molecule has 0 saturated carbocycles. The van der Waals surface area contributed by atoms with E-state index in [1.165, 1.54) is 21.9 Å². The maximum atomic E-state index is 6.24. The highest BCUT2D eigenvalue weighted by molar-refractivity contribution is 7.56. The Balaban J connectivity index is 0.000000209. The predicted octanol–water partition coefficient (Wildman–Crippen LogP) is 4.75. The van der Waals surface area contributed by atoms with Crippen LogP contribution in [-0.2, 0) is 0 Å². The Morgan fingerprint density at radius 1 is 0.442 bits per heavy atom. The van der Waals surface area contributed by atoms with Gasteiger partial charge in [0.1, 0.15) is 11.2 Å². The molecule has 0 saturated heterocycles. The van der Waals surface area contributed by atoms with E-state index in [0.29, 0.717) is 0 Å². The second-order valence-electron chi connectivity index (χ2n) is 11.2. The summed E-state index contributed by atoms with van der Waals surface area (Å²) >= 11 is 6.24. The van der Waals surface area contributed by atoms with Crippen molar-refractivity contribution >= 4 is 52.8 Å². The Hall–Kier alpha value is -3.44. The van der Waals surface area contributed by atoms with Crippen molar-refractivity contribution in [1.82, 2.24) is 14.0 Å². The summed E-state index contributed by atoms with van der Waals surface area (Å²) in [7, 11) is 10.7. The first-order valence-electron chi connectivity index (χ1n) is 14.6. The lowest BCUT2D eigenvalue weighted by Gasteiger charge is -2.44. The summed E-state index contributed by atoms with van der Waals surface area (Å²) in [6.07, 6.45) is -1.22. The molecule has 0 fully saturated rings. The minimum absolute atomic E-state index is 0.743. The Morgan fingerprint density at radius 2 is 0.721 bits per heavy atom. The first kappa shape index (κ1) is 32.5. The molecule has 0 bridgehead atoms. The average Bonchev–Trinajstić information content (AvgIpc) is 3.03. The van der Waals surface area contributed by atoms with Crippen molar-refractivity contribution in [2.24, 2.45) is 0 Å². The van der Waals surface area contributed by atoms with Crippen molar-refractivity contribution < 1.29 is 4.74 Å². The fourth-order valence-electron chi connectivity index (χ4n) is 6.21. The Bertz CT molecular complexity index is 1420. The van der Waals surface area contributed by atoms with E-state index >= 15 is 0 Å². The van der Waals surface area contributed by atoms with Gasteiger partial charge in [-0.15, -0.1) is 0 Å². The number of hydrogen-bond acceptors (Lipinski definition) is 0. The number of rotatable bonds is 8. The minimum Gasteiger partial charge on any atom is -0.216 e. The smallest absolute Gasteiger partial charge is 0.216 e. The first-order valence-corrected chi connectivity index (χ1v) is 16.6. The van der Waals surface area contributed by atoms with Gasteiger partial charge in [-0.3, -0.25) is 0 Å². The van der Waals surface area contributed by atoms with Crippen LogP contribution < -0.4 is 26.6 Å². The van der Waals surface area contributed by atoms with Gasteiger partial charge in [-0.25, -0.2) is 14.0 Å². The normalized spacial score (nSPS) is 11.8. The third-order valence-corrected chi connectivity index (χ3v) is 12.2. The number of hydrogen-bond donors (Lipinski definition) is 1. The molecule has 1 N–H and O–H groups in total. The maximum absolute atomic E-state index is 6.24. The molecular weight excluding hydrogens is 566 g/mol. The molecule has 0 radical (unpaired) electrons. The summed E-state index contributed by atoms with van der Waals surface area (Å²) in [4.78, 5) is 0. The number of nitrogens with zero attached hydrogens (tertiary/aromatic N) is 3. The fourth-order valence-corrected chi connectivity index (χ4v) is 9.72. The van der Waals surface area contributed by atoms with Crippen molar-refractivity contribution in [1.29, 1.82) is 0 Å². The number of benzene rings is 5. The van der Waals surface area contributed by atoms with E-state index < -0.39 is 13.7 Å². The summed E-state index contributed by atoms with van der Waals surface area (Å²) < 4.78 is 10.3. The van der Waals surface area contributed by atoms with Crippen LogP contribution in [0.2, 0.25) is 5.02 Å². The fraction of sp³-hybridized carbons (Fsp3) is 0.167. The molecule has 4 nitrogen and oxygen atoms in total. The van der Waals surface area contributed by atoms with Gasteiger partial charge in [0.15, 0.2) is 0 Å². The molecule has 7 heteroatoms. The van der Waals surface area contributed by atoms with Crippen molar-refractivity contribution in [3.8, 4) is 0 Å². The van der Waals surface area contributed by atoms with Crippen molar-refractivity contribution in [3.63, 3.8) is 0 Å². The lowest BCUT2D eigenvalue weighted by Crippen LogP contribution is -2.74. The van der Waals surface area contributed by atoms with Crippen molar-refractivity contribution in [2.75, 3.05) is 42.3 Å². The SMILES string of the molecule is CN(C)P(=[NH+]c1ccccc1Cl)(N(C)C)N(C)C.c1ccc([B-](c2ccccc2)(c2ccccc2)c2ccccc2)cc1. The summed E-state index contributed by atoms with van der Waals surface area (Å²) in [6.45, 7) is 0. The highest BCUT2D eigenvalue weighted by Gasteiger charge is 2.36. The highest BCUT2D eigenvalue weighted by Crippen LogP contribution is 2.48. The zero-order valence-corrected chi connectivity index (χ0v) is 27.8. The van der Waals surface area contributed by atoms with Gasteiger partial charge in [-0.1, -0.05) is 145 Å². The van der Waals surface area contributed by atoms with Gasteiger partial charge < -0.3 is 0 Å². The van der Waals surface area contributed by atoms with Crippen LogP contribution in [0, 0.1) is 0 Å². The second kappa shape index (κ2) is 14.8. The van der Waals surface area contributed by atoms with E-state index in [2.05, 4.69) is 182 Å². The van der Waals surface area contributed by atoms with Crippen LogP contribution in [0.25, 0.3) is 0 Å². The Labute approximate surface area is 263 Å². The minimum atomic E-state index is -1.80. The lowest BCUT2D eigenvalue weighted by molar-refractivity contribution is -0.342. The summed E-state index contributed by atoms with van der Waals surface area (Å²) in [5.41, 5.74) is 6.32. The van der Waals surface area contributed by atoms with E-state index in [1.807, 2.05) is 24.3 Å². The predicted molar refractivity (Wildman–Crippen MR) is 190 cm³/mol. The molecule has 5 aromatic rings. The van der Waals surface area contributed by atoms with Gasteiger partial charge in [-0.2, -0.15) is 26.6 Å². The molecule has 5 rings (SSSR count).